The number of anilines is 1. The van der Waals surface area contributed by atoms with Crippen molar-refractivity contribution in [1.82, 2.24) is 19.5 Å². The van der Waals surface area contributed by atoms with Crippen molar-refractivity contribution in [3.8, 4) is 16.9 Å². The highest BCUT2D eigenvalue weighted by Crippen LogP contribution is 2.39. The van der Waals surface area contributed by atoms with Crippen molar-refractivity contribution in [1.29, 1.82) is 0 Å². The fourth-order valence-corrected chi connectivity index (χ4v) is 4.44. The highest BCUT2D eigenvalue weighted by Gasteiger charge is 2.33. The van der Waals surface area contributed by atoms with Crippen LogP contribution in [0.4, 0.5) is 23.9 Å². The largest absolute Gasteiger partial charge is 0.467 e. The number of likely N-dealkylation sites (N-methyl/N-ethyl adjacent to an activating group) is 1. The average molecular weight is 536 g/mol. The van der Waals surface area contributed by atoms with Gasteiger partial charge in [0.1, 0.15) is 11.4 Å². The SMILES string of the molecule is COCOc1cc(C(F)(F)F)ccc1-c1cccn2c(N(C)[C@@H]3CCCN(C(=O)OC(C)(C)C)C3)nnc12. The number of likely N-dealkylation sites (tertiary alicyclic amines) is 1. The van der Waals surface area contributed by atoms with Crippen LogP contribution in [-0.2, 0) is 15.7 Å². The molecule has 9 nitrogen and oxygen atoms in total. The minimum absolute atomic E-state index is 0.0213. The molecule has 1 amide bonds. The minimum atomic E-state index is -4.52. The molecule has 0 spiro atoms. The van der Waals surface area contributed by atoms with Crippen LogP contribution >= 0.6 is 0 Å². The number of nitrogens with zero attached hydrogens (tertiary/aromatic N) is 5. The molecule has 0 saturated carbocycles. The van der Waals surface area contributed by atoms with Crippen molar-refractivity contribution in [3.05, 3.63) is 42.1 Å². The van der Waals surface area contributed by atoms with E-state index in [1.165, 1.54) is 13.2 Å². The second kappa shape index (κ2) is 10.7. The molecule has 1 atom stereocenters. The summed E-state index contributed by atoms with van der Waals surface area (Å²) in [7, 11) is 3.28. The summed E-state index contributed by atoms with van der Waals surface area (Å²) in [6.45, 7) is 6.37. The van der Waals surface area contributed by atoms with Gasteiger partial charge in [-0.3, -0.25) is 4.40 Å². The van der Waals surface area contributed by atoms with Crippen LogP contribution in [0.15, 0.2) is 36.5 Å². The van der Waals surface area contributed by atoms with Gasteiger partial charge in [-0.2, -0.15) is 13.2 Å². The van der Waals surface area contributed by atoms with Gasteiger partial charge in [0, 0.05) is 50.6 Å². The Balaban J connectivity index is 1.65. The van der Waals surface area contributed by atoms with Gasteiger partial charge < -0.3 is 24.0 Å². The van der Waals surface area contributed by atoms with Crippen LogP contribution in [0.25, 0.3) is 16.8 Å². The maximum Gasteiger partial charge on any atom is 0.416 e. The first-order valence-electron chi connectivity index (χ1n) is 12.3. The molecule has 12 heteroatoms. The Hall–Kier alpha value is -3.54. The fraction of sp³-hybridized carbons (Fsp3) is 0.500. The Morgan fingerprint density at radius 2 is 1.92 bits per heavy atom. The summed E-state index contributed by atoms with van der Waals surface area (Å²) in [6.07, 6.45) is -1.43. The van der Waals surface area contributed by atoms with E-state index in [4.69, 9.17) is 14.2 Å². The second-order valence-corrected chi connectivity index (χ2v) is 10.2. The highest BCUT2D eigenvalue weighted by molar-refractivity contribution is 5.82. The van der Waals surface area contributed by atoms with Crippen LogP contribution in [-0.4, -0.2) is 71.3 Å². The number of rotatable bonds is 6. The van der Waals surface area contributed by atoms with E-state index < -0.39 is 17.3 Å². The molecule has 0 aliphatic carbocycles. The maximum atomic E-state index is 13.4. The third kappa shape index (κ3) is 5.95. The molecule has 0 radical (unpaired) electrons. The topological polar surface area (TPSA) is 81.4 Å². The predicted molar refractivity (Wildman–Crippen MR) is 135 cm³/mol. The number of methoxy groups -OCH3 is 1. The molecule has 1 aliphatic rings. The van der Waals surface area contributed by atoms with E-state index >= 15 is 0 Å². The van der Waals surface area contributed by atoms with Gasteiger partial charge in [-0.25, -0.2) is 4.79 Å². The quantitative estimate of drug-likeness (QED) is 0.400. The second-order valence-electron chi connectivity index (χ2n) is 10.2. The summed E-state index contributed by atoms with van der Waals surface area (Å²) in [5.74, 6) is 0.567. The first-order valence-corrected chi connectivity index (χ1v) is 12.3. The summed E-state index contributed by atoms with van der Waals surface area (Å²) in [6, 6.07) is 6.82. The molecule has 3 aromatic rings. The van der Waals surface area contributed by atoms with Crippen LogP contribution in [0.1, 0.15) is 39.2 Å². The van der Waals surface area contributed by atoms with E-state index in [0.717, 1.165) is 25.0 Å². The molecule has 2 aromatic heterocycles. The number of fused-ring (bicyclic) bond motifs is 1. The van der Waals surface area contributed by atoms with E-state index in [2.05, 4.69) is 10.2 Å². The van der Waals surface area contributed by atoms with Crippen LogP contribution in [0.2, 0.25) is 0 Å². The lowest BCUT2D eigenvalue weighted by Crippen LogP contribution is -2.50. The van der Waals surface area contributed by atoms with Gasteiger partial charge in [-0.1, -0.05) is 0 Å². The van der Waals surface area contributed by atoms with Gasteiger partial charge in [0.2, 0.25) is 5.95 Å². The summed E-state index contributed by atoms with van der Waals surface area (Å²) < 4.78 is 57.8. The minimum Gasteiger partial charge on any atom is -0.467 e. The number of benzene rings is 1. The lowest BCUT2D eigenvalue weighted by atomic mass is 10.0. The third-order valence-electron chi connectivity index (χ3n) is 6.26. The molecule has 0 unspecified atom stereocenters. The molecule has 1 saturated heterocycles. The summed E-state index contributed by atoms with van der Waals surface area (Å²) >= 11 is 0. The molecule has 0 bridgehead atoms. The number of alkyl halides is 3. The first kappa shape index (κ1) is 27.5. The van der Waals surface area contributed by atoms with Gasteiger partial charge in [0.05, 0.1) is 5.56 Å². The number of pyridine rings is 1. The van der Waals surface area contributed by atoms with Gasteiger partial charge in [0.15, 0.2) is 12.4 Å². The first-order chi connectivity index (χ1) is 17.9. The Morgan fingerprint density at radius 3 is 2.61 bits per heavy atom. The smallest absolute Gasteiger partial charge is 0.416 e. The Morgan fingerprint density at radius 1 is 1.16 bits per heavy atom. The number of ether oxygens (including phenoxy) is 3. The zero-order chi connectivity index (χ0) is 27.7. The lowest BCUT2D eigenvalue weighted by Gasteiger charge is -2.38. The number of halogens is 3. The predicted octanol–water partition coefficient (Wildman–Crippen LogP) is 5.23. The number of piperidine rings is 1. The fourth-order valence-electron chi connectivity index (χ4n) is 4.44. The van der Waals surface area contributed by atoms with Crippen LogP contribution in [0.3, 0.4) is 0 Å². The molecule has 38 heavy (non-hydrogen) atoms. The normalized spacial score (nSPS) is 16.5. The average Bonchev–Trinajstić information content (AvgIpc) is 3.30. The molecular formula is C26H32F3N5O4. The molecule has 3 heterocycles. The summed E-state index contributed by atoms with van der Waals surface area (Å²) in [5, 5.41) is 8.76. The van der Waals surface area contributed by atoms with Gasteiger partial charge in [0.25, 0.3) is 0 Å². The number of carbonyl (C=O) groups is 1. The van der Waals surface area contributed by atoms with Crippen LogP contribution in [0.5, 0.6) is 5.75 Å². The van der Waals surface area contributed by atoms with Gasteiger partial charge in [-0.05, 0) is 63.9 Å². The third-order valence-corrected chi connectivity index (χ3v) is 6.26. The molecule has 4 rings (SSSR count). The zero-order valence-electron chi connectivity index (χ0n) is 22.1. The number of aromatic nitrogens is 3. The van der Waals surface area contributed by atoms with Crippen molar-refractivity contribution < 1.29 is 32.2 Å². The Labute approximate surface area is 219 Å². The van der Waals surface area contributed by atoms with E-state index in [-0.39, 0.29) is 24.7 Å². The Kier molecular flexibility index (Phi) is 7.73. The number of hydrogen-bond donors (Lipinski definition) is 0. The molecule has 1 fully saturated rings. The van der Waals surface area contributed by atoms with Crippen molar-refractivity contribution in [3.63, 3.8) is 0 Å². The van der Waals surface area contributed by atoms with Crippen molar-refractivity contribution >= 4 is 17.7 Å². The number of carbonyl (C=O) groups excluding carboxylic acids is 1. The lowest BCUT2D eigenvalue weighted by molar-refractivity contribution is -0.137. The van der Waals surface area contributed by atoms with Crippen molar-refractivity contribution in [2.24, 2.45) is 0 Å². The van der Waals surface area contributed by atoms with Crippen LogP contribution in [0, 0.1) is 0 Å². The molecule has 1 aromatic carbocycles. The van der Waals surface area contributed by atoms with E-state index in [1.54, 1.807) is 27.6 Å². The number of hydrogen-bond acceptors (Lipinski definition) is 7. The van der Waals surface area contributed by atoms with E-state index in [1.807, 2.05) is 32.7 Å². The molecule has 1 aliphatic heterocycles. The Bertz CT molecular complexity index is 1290. The summed E-state index contributed by atoms with van der Waals surface area (Å²) in [5.41, 5.74) is 0.0263. The molecular weight excluding hydrogens is 503 g/mol. The zero-order valence-corrected chi connectivity index (χ0v) is 22.1. The van der Waals surface area contributed by atoms with Crippen LogP contribution < -0.4 is 9.64 Å². The summed E-state index contributed by atoms with van der Waals surface area (Å²) in [4.78, 5) is 16.3. The maximum absolute atomic E-state index is 13.4. The van der Waals surface area contributed by atoms with E-state index in [9.17, 15) is 18.0 Å². The highest BCUT2D eigenvalue weighted by atomic mass is 19.4. The number of amides is 1. The van der Waals surface area contributed by atoms with E-state index in [0.29, 0.717) is 35.8 Å². The monoisotopic (exact) mass is 535 g/mol. The molecule has 0 N–H and O–H groups in total. The standard InChI is InChI=1S/C26H32F3N5O4/c1-25(2,3)38-24(35)33-12-6-8-18(15-33)32(4)23-31-30-22-20(9-7-13-34(22)23)19-11-10-17(26(27,28)29)14-21(19)37-16-36-5/h7,9-11,13-14,18H,6,8,12,15-16H2,1-5H3/t18-/m1/s1. The van der Waals surface area contributed by atoms with Crippen molar-refractivity contribution in [2.75, 3.05) is 38.9 Å². The van der Waals surface area contributed by atoms with Gasteiger partial charge >= 0.3 is 12.3 Å². The van der Waals surface area contributed by atoms with Gasteiger partial charge in [-0.15, -0.1) is 10.2 Å². The van der Waals surface area contributed by atoms with Crippen molar-refractivity contribution in [2.45, 2.75) is 51.4 Å². The molecule has 206 valence electrons.